The first-order valence-electron chi connectivity index (χ1n) is 16.2. The van der Waals surface area contributed by atoms with Crippen molar-refractivity contribution in [2.75, 3.05) is 6.54 Å². The number of hydrogen-bond acceptors (Lipinski definition) is 4. The standard InChI is InChI=1S/C35H55NO4/c1-4-6-7-8-9-10-11-12-13-14-15-16-17-18-19-20-21-26-34(37)39-30(3)40-35(38)36(29-5-2)33-28-27-31-24-22-23-25-32(31)33/h2,22-25,30,33H,4,6-21,26-29H2,1,3H3/t30?,33-/m1/s1. The van der Waals surface area contributed by atoms with Gasteiger partial charge >= 0.3 is 12.1 Å². The number of carbonyl (C=O) groups is 2. The van der Waals surface area contributed by atoms with E-state index in [2.05, 4.69) is 18.9 Å². The molecule has 0 heterocycles. The number of esters is 1. The number of carbonyl (C=O) groups excluding carboxylic acids is 2. The van der Waals surface area contributed by atoms with Crippen molar-refractivity contribution in [3.63, 3.8) is 0 Å². The van der Waals surface area contributed by atoms with E-state index in [1.807, 2.05) is 18.2 Å². The van der Waals surface area contributed by atoms with Crippen molar-refractivity contribution in [1.82, 2.24) is 4.90 Å². The Balaban J connectivity index is 1.46. The van der Waals surface area contributed by atoms with Crippen molar-refractivity contribution >= 4 is 12.1 Å². The number of fused-ring (bicyclic) bond motifs is 1. The van der Waals surface area contributed by atoms with E-state index in [0.29, 0.717) is 6.42 Å². The van der Waals surface area contributed by atoms with Gasteiger partial charge in [-0.15, -0.1) is 6.42 Å². The van der Waals surface area contributed by atoms with Crippen LogP contribution in [-0.2, 0) is 20.7 Å². The molecule has 1 aromatic rings. The van der Waals surface area contributed by atoms with Crippen LogP contribution in [0.4, 0.5) is 4.79 Å². The molecule has 5 nitrogen and oxygen atoms in total. The third kappa shape index (κ3) is 13.7. The molecule has 1 aliphatic rings. The van der Waals surface area contributed by atoms with Crippen LogP contribution in [0.1, 0.15) is 153 Å². The molecular formula is C35H55NO4. The molecule has 1 aliphatic carbocycles. The van der Waals surface area contributed by atoms with Crippen molar-refractivity contribution < 1.29 is 19.1 Å². The highest BCUT2D eigenvalue weighted by atomic mass is 16.7. The molecule has 0 radical (unpaired) electrons. The highest BCUT2D eigenvalue weighted by Gasteiger charge is 2.32. The number of ether oxygens (including phenoxy) is 2. The number of terminal acetylenes is 1. The largest absolute Gasteiger partial charge is 0.425 e. The van der Waals surface area contributed by atoms with Crippen LogP contribution >= 0.6 is 0 Å². The summed E-state index contributed by atoms with van der Waals surface area (Å²) in [5.74, 6) is 2.24. The van der Waals surface area contributed by atoms with Gasteiger partial charge < -0.3 is 9.47 Å². The maximum Gasteiger partial charge on any atom is 0.414 e. The first-order valence-corrected chi connectivity index (χ1v) is 16.2. The van der Waals surface area contributed by atoms with Crippen LogP contribution in [0.5, 0.6) is 0 Å². The minimum absolute atomic E-state index is 0.113. The number of nitrogens with zero attached hydrogens (tertiary/aromatic N) is 1. The Morgan fingerprint density at radius 2 is 1.38 bits per heavy atom. The molecule has 0 aromatic heterocycles. The molecule has 0 spiro atoms. The first kappa shape index (κ1) is 33.7. The van der Waals surface area contributed by atoms with E-state index in [0.717, 1.165) is 37.7 Å². The van der Waals surface area contributed by atoms with Crippen molar-refractivity contribution in [2.45, 2.75) is 155 Å². The maximum atomic E-state index is 12.9. The molecule has 0 saturated heterocycles. The molecule has 2 rings (SSSR count). The molecule has 40 heavy (non-hydrogen) atoms. The summed E-state index contributed by atoms with van der Waals surface area (Å²) in [6.07, 6.45) is 28.3. The number of hydrogen-bond donors (Lipinski definition) is 0. The number of aryl methyl sites for hydroxylation is 1. The SMILES string of the molecule is C#CCN(C(=O)OC(C)OC(=O)CCCCCCCCCCCCCCCCCCC)[C@@H]1CCc2ccccc21. The van der Waals surface area contributed by atoms with E-state index in [4.69, 9.17) is 15.9 Å². The Kier molecular flexibility index (Phi) is 18.0. The highest BCUT2D eigenvalue weighted by Crippen LogP contribution is 2.35. The number of benzene rings is 1. The van der Waals surface area contributed by atoms with Gasteiger partial charge in [-0.2, -0.15) is 0 Å². The summed E-state index contributed by atoms with van der Waals surface area (Å²) in [7, 11) is 0. The fourth-order valence-electron chi connectivity index (χ4n) is 5.73. The second-order valence-electron chi connectivity index (χ2n) is 11.4. The lowest BCUT2D eigenvalue weighted by atomic mass is 10.0. The van der Waals surface area contributed by atoms with Crippen molar-refractivity contribution in [3.8, 4) is 12.3 Å². The van der Waals surface area contributed by atoms with Gasteiger partial charge in [0.2, 0.25) is 6.29 Å². The fourth-order valence-corrected chi connectivity index (χ4v) is 5.73. The number of unbranched alkanes of at least 4 members (excludes halogenated alkanes) is 16. The molecule has 224 valence electrons. The molecule has 0 saturated carbocycles. The molecule has 0 N–H and O–H groups in total. The zero-order valence-electron chi connectivity index (χ0n) is 25.5. The average molecular weight is 554 g/mol. The minimum atomic E-state index is -0.942. The van der Waals surface area contributed by atoms with Crippen LogP contribution < -0.4 is 0 Å². The van der Waals surface area contributed by atoms with Crippen molar-refractivity contribution in [3.05, 3.63) is 35.4 Å². The zero-order chi connectivity index (χ0) is 28.8. The topological polar surface area (TPSA) is 55.8 Å². The lowest BCUT2D eigenvalue weighted by molar-refractivity contribution is -0.166. The van der Waals surface area contributed by atoms with Gasteiger partial charge in [0.05, 0.1) is 12.6 Å². The van der Waals surface area contributed by atoms with Gasteiger partial charge in [0.1, 0.15) is 0 Å². The van der Waals surface area contributed by atoms with E-state index < -0.39 is 12.4 Å². The molecule has 0 fully saturated rings. The van der Waals surface area contributed by atoms with Crippen LogP contribution in [0.2, 0.25) is 0 Å². The quantitative estimate of drug-likeness (QED) is 0.0621. The van der Waals surface area contributed by atoms with Gasteiger partial charge in [-0.05, 0) is 30.4 Å². The second kappa shape index (κ2) is 21.3. The monoisotopic (exact) mass is 553 g/mol. The lowest BCUT2D eigenvalue weighted by Crippen LogP contribution is -2.37. The van der Waals surface area contributed by atoms with Gasteiger partial charge in [-0.25, -0.2) is 4.79 Å². The lowest BCUT2D eigenvalue weighted by Gasteiger charge is -2.28. The maximum absolute atomic E-state index is 12.9. The van der Waals surface area contributed by atoms with Gasteiger partial charge in [0.15, 0.2) is 0 Å². The van der Waals surface area contributed by atoms with Gasteiger partial charge in [-0.3, -0.25) is 9.69 Å². The van der Waals surface area contributed by atoms with Crippen LogP contribution in [-0.4, -0.2) is 29.8 Å². The summed E-state index contributed by atoms with van der Waals surface area (Å²) in [5, 5.41) is 0. The zero-order valence-corrected chi connectivity index (χ0v) is 25.5. The van der Waals surface area contributed by atoms with Gasteiger partial charge in [0.25, 0.3) is 0 Å². The van der Waals surface area contributed by atoms with E-state index in [1.54, 1.807) is 11.8 Å². The summed E-state index contributed by atoms with van der Waals surface area (Å²) in [4.78, 5) is 26.7. The Bertz CT molecular complexity index is 876. The van der Waals surface area contributed by atoms with Crippen LogP contribution in [0, 0.1) is 12.3 Å². The normalized spacial score (nSPS) is 14.8. The summed E-state index contributed by atoms with van der Waals surface area (Å²) in [5.41, 5.74) is 2.34. The van der Waals surface area contributed by atoms with Crippen molar-refractivity contribution in [1.29, 1.82) is 0 Å². The van der Waals surface area contributed by atoms with Gasteiger partial charge in [0, 0.05) is 13.3 Å². The molecular weight excluding hydrogens is 498 g/mol. The molecule has 1 aromatic carbocycles. The summed E-state index contributed by atoms with van der Waals surface area (Å²) >= 11 is 0. The predicted octanol–water partition coefficient (Wildman–Crippen LogP) is 9.68. The molecule has 0 aliphatic heterocycles. The Morgan fingerprint density at radius 3 is 1.93 bits per heavy atom. The number of rotatable bonds is 22. The van der Waals surface area contributed by atoms with E-state index in [-0.39, 0.29) is 18.6 Å². The van der Waals surface area contributed by atoms with Crippen LogP contribution in [0.3, 0.4) is 0 Å². The molecule has 1 amide bonds. The second-order valence-corrected chi connectivity index (χ2v) is 11.4. The highest BCUT2D eigenvalue weighted by molar-refractivity contribution is 5.71. The molecule has 5 heteroatoms. The third-order valence-corrected chi connectivity index (χ3v) is 8.02. The summed E-state index contributed by atoms with van der Waals surface area (Å²) in [6, 6.07) is 7.98. The summed E-state index contributed by atoms with van der Waals surface area (Å²) < 4.78 is 10.8. The van der Waals surface area contributed by atoms with Crippen molar-refractivity contribution in [2.24, 2.45) is 0 Å². The van der Waals surface area contributed by atoms with Crippen LogP contribution in [0.15, 0.2) is 24.3 Å². The van der Waals surface area contributed by atoms with E-state index in [9.17, 15) is 9.59 Å². The minimum Gasteiger partial charge on any atom is -0.425 e. The first-order chi connectivity index (χ1) is 19.6. The Morgan fingerprint density at radius 1 is 0.850 bits per heavy atom. The smallest absolute Gasteiger partial charge is 0.414 e. The molecule has 2 atom stereocenters. The number of amides is 1. The third-order valence-electron chi connectivity index (χ3n) is 8.02. The van der Waals surface area contributed by atoms with Gasteiger partial charge in [-0.1, -0.05) is 140 Å². The Labute approximate surface area is 244 Å². The van der Waals surface area contributed by atoms with E-state index >= 15 is 0 Å². The van der Waals surface area contributed by atoms with E-state index in [1.165, 1.54) is 95.5 Å². The predicted molar refractivity (Wildman–Crippen MR) is 164 cm³/mol. The Hall–Kier alpha value is -2.48. The summed E-state index contributed by atoms with van der Waals surface area (Å²) in [6.45, 7) is 4.01. The molecule has 1 unspecified atom stereocenters. The average Bonchev–Trinajstić information content (AvgIpc) is 3.37. The molecule has 0 bridgehead atoms. The van der Waals surface area contributed by atoms with Crippen LogP contribution in [0.25, 0.3) is 0 Å². The fraction of sp³-hybridized carbons (Fsp3) is 0.714.